The molecule has 0 amide bonds. The van der Waals surface area contributed by atoms with Crippen molar-refractivity contribution < 1.29 is 18.1 Å². The molecule has 104 valence electrons. The molecule has 2 rings (SSSR count). The third-order valence-corrected chi connectivity index (χ3v) is 4.87. The number of ether oxygens (including phenoxy) is 1. The van der Waals surface area contributed by atoms with E-state index in [0.29, 0.717) is 19.6 Å². The average Bonchev–Trinajstić information content (AvgIpc) is 2.39. The Morgan fingerprint density at radius 1 is 1.47 bits per heavy atom. The highest BCUT2D eigenvalue weighted by atomic mass is 32.2. The van der Waals surface area contributed by atoms with Crippen LogP contribution in [0.2, 0.25) is 0 Å². The number of hydrogen-bond donors (Lipinski definition) is 0. The molecule has 19 heavy (non-hydrogen) atoms. The molecule has 0 N–H and O–H groups in total. The summed E-state index contributed by atoms with van der Waals surface area (Å²) in [6.45, 7) is 2.52. The Labute approximate surface area is 111 Å². The fraction of sp³-hybridized carbons (Fsp3) is 0.455. The molecule has 1 aliphatic rings. The molecule has 1 atom stereocenters. The van der Waals surface area contributed by atoms with Crippen LogP contribution in [-0.4, -0.2) is 37.0 Å². The predicted molar refractivity (Wildman–Crippen MR) is 67.0 cm³/mol. The first kappa shape index (κ1) is 13.9. The van der Waals surface area contributed by atoms with Gasteiger partial charge in [0.1, 0.15) is 6.23 Å². The Morgan fingerprint density at radius 2 is 2.21 bits per heavy atom. The first-order valence-corrected chi connectivity index (χ1v) is 7.25. The van der Waals surface area contributed by atoms with Gasteiger partial charge < -0.3 is 4.74 Å². The van der Waals surface area contributed by atoms with E-state index in [-0.39, 0.29) is 10.6 Å². The van der Waals surface area contributed by atoms with Crippen LogP contribution in [0.1, 0.15) is 13.3 Å². The van der Waals surface area contributed by atoms with E-state index in [4.69, 9.17) is 4.74 Å². The molecule has 1 aromatic rings. The molecule has 0 bridgehead atoms. The van der Waals surface area contributed by atoms with E-state index in [0.717, 1.165) is 6.07 Å². The molecule has 0 spiro atoms. The van der Waals surface area contributed by atoms with Crippen molar-refractivity contribution in [2.24, 2.45) is 0 Å². The third kappa shape index (κ3) is 2.75. The summed E-state index contributed by atoms with van der Waals surface area (Å²) in [5, 5.41) is 10.7. The van der Waals surface area contributed by atoms with Gasteiger partial charge in [0.05, 0.1) is 9.82 Å². The average molecular weight is 286 g/mol. The van der Waals surface area contributed by atoms with Gasteiger partial charge in [-0.3, -0.25) is 10.1 Å². The van der Waals surface area contributed by atoms with Crippen molar-refractivity contribution in [1.82, 2.24) is 4.31 Å². The van der Waals surface area contributed by atoms with Gasteiger partial charge in [-0.1, -0.05) is 6.07 Å². The van der Waals surface area contributed by atoms with E-state index in [1.54, 1.807) is 6.92 Å². The van der Waals surface area contributed by atoms with Crippen molar-refractivity contribution in [2.45, 2.75) is 24.5 Å². The summed E-state index contributed by atoms with van der Waals surface area (Å²) in [5.41, 5.74) is -0.244. The molecule has 1 aliphatic heterocycles. The molecule has 0 saturated carbocycles. The van der Waals surface area contributed by atoms with Gasteiger partial charge in [0.2, 0.25) is 10.0 Å². The summed E-state index contributed by atoms with van der Waals surface area (Å²) in [7, 11) is -3.76. The molecule has 1 saturated heterocycles. The molecule has 0 aliphatic carbocycles. The molecule has 1 heterocycles. The van der Waals surface area contributed by atoms with Crippen molar-refractivity contribution in [3.05, 3.63) is 34.4 Å². The lowest BCUT2D eigenvalue weighted by Crippen LogP contribution is -2.44. The van der Waals surface area contributed by atoms with Crippen LogP contribution in [0, 0.1) is 10.1 Å². The summed E-state index contributed by atoms with van der Waals surface area (Å²) < 4.78 is 31.3. The number of benzene rings is 1. The monoisotopic (exact) mass is 286 g/mol. The van der Waals surface area contributed by atoms with Crippen LogP contribution in [0.4, 0.5) is 5.69 Å². The van der Waals surface area contributed by atoms with E-state index in [1.807, 2.05) is 0 Å². The maximum Gasteiger partial charge on any atom is 0.270 e. The first-order valence-electron chi connectivity index (χ1n) is 5.81. The van der Waals surface area contributed by atoms with Gasteiger partial charge in [0.15, 0.2) is 0 Å². The van der Waals surface area contributed by atoms with Gasteiger partial charge in [-0.15, -0.1) is 0 Å². The summed E-state index contributed by atoms with van der Waals surface area (Å²) in [5.74, 6) is 0. The van der Waals surface area contributed by atoms with Crippen LogP contribution < -0.4 is 0 Å². The molecule has 0 aromatic heterocycles. The quantitative estimate of drug-likeness (QED) is 0.618. The molecule has 7 nitrogen and oxygen atoms in total. The minimum absolute atomic E-state index is 0.0842. The minimum Gasteiger partial charge on any atom is -0.362 e. The van der Waals surface area contributed by atoms with E-state index < -0.39 is 21.2 Å². The van der Waals surface area contributed by atoms with Gasteiger partial charge in [-0.25, -0.2) is 8.42 Å². The number of nitro benzene ring substituents is 1. The molecular weight excluding hydrogens is 272 g/mol. The zero-order valence-corrected chi connectivity index (χ0v) is 11.2. The highest BCUT2D eigenvalue weighted by Gasteiger charge is 2.32. The standard InChI is InChI=1S/C11H14N2O5S/c1-9-12(6-3-7-18-9)19(16,17)11-5-2-4-10(8-11)13(14)15/h2,4-5,8-9H,3,6-7H2,1H3. The number of nitro groups is 1. The lowest BCUT2D eigenvalue weighted by Gasteiger charge is -2.32. The van der Waals surface area contributed by atoms with Crippen molar-refractivity contribution >= 4 is 15.7 Å². The Kier molecular flexibility index (Phi) is 3.83. The summed E-state index contributed by atoms with van der Waals surface area (Å²) in [6.07, 6.45) is 0.0522. The van der Waals surface area contributed by atoms with Crippen molar-refractivity contribution in [3.8, 4) is 0 Å². The first-order chi connectivity index (χ1) is 8.93. The van der Waals surface area contributed by atoms with E-state index in [9.17, 15) is 18.5 Å². The smallest absolute Gasteiger partial charge is 0.270 e. The van der Waals surface area contributed by atoms with Crippen molar-refractivity contribution in [1.29, 1.82) is 0 Å². The number of sulfonamides is 1. The number of hydrogen-bond acceptors (Lipinski definition) is 5. The normalized spacial score (nSPS) is 21.2. The van der Waals surface area contributed by atoms with E-state index >= 15 is 0 Å². The maximum atomic E-state index is 12.4. The second kappa shape index (κ2) is 5.24. The summed E-state index contributed by atoms with van der Waals surface area (Å²) in [4.78, 5) is 9.99. The van der Waals surface area contributed by atoms with Crippen LogP contribution in [0.25, 0.3) is 0 Å². The predicted octanol–water partition coefficient (Wildman–Crippen LogP) is 1.35. The Balaban J connectivity index is 2.38. The third-order valence-electron chi connectivity index (χ3n) is 2.92. The molecule has 1 fully saturated rings. The lowest BCUT2D eigenvalue weighted by molar-refractivity contribution is -0.385. The molecule has 1 aromatic carbocycles. The van der Waals surface area contributed by atoms with Crippen LogP contribution >= 0.6 is 0 Å². The fourth-order valence-electron chi connectivity index (χ4n) is 1.95. The van der Waals surface area contributed by atoms with Crippen LogP contribution in [-0.2, 0) is 14.8 Å². The molecular formula is C11H14N2O5S. The van der Waals surface area contributed by atoms with Crippen molar-refractivity contribution in [3.63, 3.8) is 0 Å². The second-order valence-corrected chi connectivity index (χ2v) is 6.08. The highest BCUT2D eigenvalue weighted by Crippen LogP contribution is 2.24. The Hall–Kier alpha value is -1.51. The van der Waals surface area contributed by atoms with Crippen molar-refractivity contribution in [2.75, 3.05) is 13.2 Å². The minimum atomic E-state index is -3.76. The molecule has 8 heteroatoms. The topological polar surface area (TPSA) is 89.8 Å². The number of nitrogens with zero attached hydrogens (tertiary/aromatic N) is 2. The van der Waals surface area contributed by atoms with Gasteiger partial charge >= 0.3 is 0 Å². The zero-order valence-electron chi connectivity index (χ0n) is 10.4. The van der Waals surface area contributed by atoms with E-state index in [1.165, 1.54) is 22.5 Å². The van der Waals surface area contributed by atoms with Crippen LogP contribution in [0.5, 0.6) is 0 Å². The Bertz CT molecular complexity index is 587. The SMILES string of the molecule is CC1OCCCN1S(=O)(=O)c1cccc([N+](=O)[O-])c1. The summed E-state index contributed by atoms with van der Waals surface area (Å²) in [6, 6.07) is 5.04. The fourth-order valence-corrected chi connectivity index (χ4v) is 3.56. The molecule has 0 radical (unpaired) electrons. The van der Waals surface area contributed by atoms with Crippen LogP contribution in [0.15, 0.2) is 29.2 Å². The summed E-state index contributed by atoms with van der Waals surface area (Å²) >= 11 is 0. The lowest BCUT2D eigenvalue weighted by atomic mass is 10.3. The van der Waals surface area contributed by atoms with Gasteiger partial charge in [-0.05, 0) is 19.4 Å². The van der Waals surface area contributed by atoms with Gasteiger partial charge in [-0.2, -0.15) is 4.31 Å². The van der Waals surface area contributed by atoms with Crippen LogP contribution in [0.3, 0.4) is 0 Å². The Morgan fingerprint density at radius 3 is 2.84 bits per heavy atom. The largest absolute Gasteiger partial charge is 0.362 e. The second-order valence-electron chi connectivity index (χ2n) is 4.19. The molecule has 1 unspecified atom stereocenters. The number of rotatable bonds is 3. The highest BCUT2D eigenvalue weighted by molar-refractivity contribution is 7.89. The maximum absolute atomic E-state index is 12.4. The zero-order chi connectivity index (χ0) is 14.0. The van der Waals surface area contributed by atoms with Gasteiger partial charge in [0.25, 0.3) is 5.69 Å². The van der Waals surface area contributed by atoms with E-state index in [2.05, 4.69) is 0 Å². The number of non-ortho nitro benzene ring substituents is 1. The van der Waals surface area contributed by atoms with Gasteiger partial charge in [0, 0.05) is 25.3 Å².